The van der Waals surface area contributed by atoms with Gasteiger partial charge in [-0.3, -0.25) is 0 Å². The molecule has 0 amide bonds. The van der Waals surface area contributed by atoms with Crippen molar-refractivity contribution in [1.82, 2.24) is 10.6 Å². The summed E-state index contributed by atoms with van der Waals surface area (Å²) in [5, 5.41) is 27.7. The summed E-state index contributed by atoms with van der Waals surface area (Å²) in [6.45, 7) is 34.3. The highest BCUT2D eigenvalue weighted by Crippen LogP contribution is 2.33. The molecule has 6 atom stereocenters. The summed E-state index contributed by atoms with van der Waals surface area (Å²) in [5.74, 6) is 4.84. The van der Waals surface area contributed by atoms with E-state index < -0.39 is 37.9 Å². The Morgan fingerprint density at radius 2 is 0.736 bits per heavy atom. The highest BCUT2D eigenvalue weighted by atomic mass is 28.4. The number of ether oxygens (including phenoxy) is 6. The van der Waals surface area contributed by atoms with E-state index in [2.05, 4.69) is 135 Å². The molecule has 2 saturated heterocycles. The topological polar surface area (TPSA) is 208 Å². The number of unbranched alkanes of at least 4 members (excludes halogenated alkanes) is 16. The number of nitrogens with one attached hydrogen (secondary N) is 2. The van der Waals surface area contributed by atoms with Gasteiger partial charge in [-0.1, -0.05) is 204 Å². The molecule has 2 aliphatic heterocycles. The maximum absolute atomic E-state index is 10.6. The number of benzene rings is 4. The molecule has 17 nitrogen and oxygen atoms in total. The molecule has 6 N–H and O–H groups in total. The quantitative estimate of drug-likeness (QED) is 0.0158. The van der Waals surface area contributed by atoms with E-state index in [9.17, 15) is 10.2 Å². The van der Waals surface area contributed by atoms with Gasteiger partial charge in [-0.25, -0.2) is 0 Å². The molecule has 2 fully saturated rings. The van der Waals surface area contributed by atoms with E-state index in [4.69, 9.17) is 60.7 Å². The Morgan fingerprint density at radius 3 is 1.11 bits per heavy atom. The first-order valence-corrected chi connectivity index (χ1v) is 51.6. The van der Waals surface area contributed by atoms with Crippen LogP contribution in [0.15, 0.2) is 97.1 Å². The highest BCUT2D eigenvalue weighted by Gasteiger charge is 2.40. The van der Waals surface area contributed by atoms with E-state index >= 15 is 0 Å². The lowest BCUT2D eigenvalue weighted by Crippen LogP contribution is -2.46. The van der Waals surface area contributed by atoms with Gasteiger partial charge in [0.15, 0.2) is 0 Å². The number of hydrogen-bond acceptors (Lipinski definition) is 17. The van der Waals surface area contributed by atoms with E-state index in [-0.39, 0.29) is 6.61 Å². The van der Waals surface area contributed by atoms with Gasteiger partial charge in [0.05, 0.1) is 13.2 Å². The monoisotopic (exact) mass is 1590 g/mol. The Kier molecular flexibility index (Phi) is 56.0. The van der Waals surface area contributed by atoms with Gasteiger partial charge >= 0.3 is 17.6 Å². The number of epoxide rings is 2. The summed E-state index contributed by atoms with van der Waals surface area (Å²) < 4.78 is 68.9. The summed E-state index contributed by atoms with van der Waals surface area (Å²) >= 11 is 0. The Labute approximate surface area is 673 Å². The second kappa shape index (κ2) is 62.5. The van der Waals surface area contributed by atoms with Gasteiger partial charge < -0.3 is 81.6 Å². The van der Waals surface area contributed by atoms with Crippen LogP contribution in [0.3, 0.4) is 0 Å². The van der Waals surface area contributed by atoms with Gasteiger partial charge in [0, 0.05) is 72.9 Å². The molecule has 0 radical (unpaired) electrons. The second-order valence-corrected chi connectivity index (χ2v) is 42.4. The molecule has 4 aromatic rings. The van der Waals surface area contributed by atoms with E-state index in [0.29, 0.717) is 103 Å². The number of hydrogen-bond donors (Lipinski definition) is 5. The van der Waals surface area contributed by atoms with Crippen LogP contribution >= 0.6 is 0 Å². The molecule has 0 bridgehead atoms. The van der Waals surface area contributed by atoms with Crippen molar-refractivity contribution in [2.24, 2.45) is 5.73 Å². The first kappa shape index (κ1) is 98.6. The summed E-state index contributed by atoms with van der Waals surface area (Å²) in [5.41, 5.74) is 11.1. The SMILES string of the molecule is CCCCCCCC(CCCCCCCc1cccc(OCC(O)CNCCC[Si](C)(C)C)c1)c1ccc(OCC(O)CNCCC[Si](OCC)(OCC)OCC)cc1.CCCCCCCC(CCCCCCCc1cccc(OCC2CO2)c1)c1ccc(OCC2CO2)cc1.CCO[Si](CCCN)(OCC)OCC. The van der Waals surface area contributed by atoms with Crippen LogP contribution in [0.2, 0.25) is 37.8 Å². The Bertz CT molecular complexity index is 2750. The van der Waals surface area contributed by atoms with Crippen LogP contribution in [0, 0.1) is 0 Å². The normalized spacial score (nSPS) is 15.3. The molecule has 20 heteroatoms. The fourth-order valence-corrected chi connectivity index (χ4v) is 20.4. The van der Waals surface area contributed by atoms with E-state index in [0.717, 1.165) is 87.1 Å². The molecule has 2 aliphatic rings. The fraction of sp³-hybridized carbons (Fsp3) is 0.733. The summed E-state index contributed by atoms with van der Waals surface area (Å²) in [6, 6.07) is 37.4. The predicted molar refractivity (Wildman–Crippen MR) is 462 cm³/mol. The molecule has 0 aromatic heterocycles. The molecule has 110 heavy (non-hydrogen) atoms. The van der Waals surface area contributed by atoms with Crippen LogP contribution in [0.4, 0.5) is 0 Å². The number of aliphatic hydroxyl groups is 2. The zero-order chi connectivity index (χ0) is 79.4. The van der Waals surface area contributed by atoms with Gasteiger partial charge in [0.25, 0.3) is 0 Å². The molecule has 0 spiro atoms. The van der Waals surface area contributed by atoms with Crippen LogP contribution < -0.4 is 35.3 Å². The van der Waals surface area contributed by atoms with Gasteiger partial charge in [-0.2, -0.15) is 0 Å². The third-order valence-electron chi connectivity index (χ3n) is 20.2. The molecule has 6 rings (SSSR count). The van der Waals surface area contributed by atoms with Crippen LogP contribution in [0.5, 0.6) is 23.0 Å². The molecule has 0 saturated carbocycles. The Morgan fingerprint density at radius 1 is 0.400 bits per heavy atom. The summed E-state index contributed by atoms with van der Waals surface area (Å²) in [6.07, 6.45) is 35.8. The molecule has 6 unspecified atom stereocenters. The van der Waals surface area contributed by atoms with E-state index in [1.807, 2.05) is 47.6 Å². The predicted octanol–water partition coefficient (Wildman–Crippen LogP) is 20.2. The van der Waals surface area contributed by atoms with Crippen LogP contribution in [0.1, 0.15) is 263 Å². The average molecular weight is 1590 g/mol. The average Bonchev–Trinajstić information content (AvgIpc) is 1.52. The summed E-state index contributed by atoms with van der Waals surface area (Å²) in [4.78, 5) is 0. The van der Waals surface area contributed by atoms with Crippen molar-refractivity contribution >= 4 is 25.7 Å². The molecule has 630 valence electrons. The molecular formula is C90H159N3O14Si3. The minimum Gasteiger partial charge on any atom is -0.491 e. The van der Waals surface area contributed by atoms with Crippen molar-refractivity contribution < 1.29 is 65.2 Å². The third-order valence-corrected chi connectivity index (χ3v) is 28.3. The largest absolute Gasteiger partial charge is 0.500 e. The smallest absolute Gasteiger partial charge is 0.491 e. The lowest BCUT2D eigenvalue weighted by Gasteiger charge is -2.28. The van der Waals surface area contributed by atoms with Crippen LogP contribution in [-0.4, -0.2) is 172 Å². The van der Waals surface area contributed by atoms with Crippen LogP contribution in [-0.2, 0) is 48.9 Å². The van der Waals surface area contributed by atoms with Crippen molar-refractivity contribution in [3.8, 4) is 23.0 Å². The maximum Gasteiger partial charge on any atom is 0.500 e. The zero-order valence-electron chi connectivity index (χ0n) is 71.2. The summed E-state index contributed by atoms with van der Waals surface area (Å²) in [7, 11) is -6.03. The minimum absolute atomic E-state index is 0.253. The van der Waals surface area contributed by atoms with E-state index in [1.54, 1.807) is 0 Å². The first-order chi connectivity index (χ1) is 53.6. The number of aliphatic hydroxyl groups excluding tert-OH is 2. The van der Waals surface area contributed by atoms with Gasteiger partial charge in [-0.15, -0.1) is 0 Å². The van der Waals surface area contributed by atoms with Gasteiger partial charge in [-0.05, 0) is 214 Å². The van der Waals surface area contributed by atoms with Gasteiger partial charge in [0.2, 0.25) is 0 Å². The lowest BCUT2D eigenvalue weighted by atomic mass is 9.88. The Hall–Kier alpha value is -3.79. The fourth-order valence-electron chi connectivity index (χ4n) is 13.9. The maximum atomic E-state index is 10.6. The van der Waals surface area contributed by atoms with E-state index in [1.165, 1.54) is 189 Å². The highest BCUT2D eigenvalue weighted by molar-refractivity contribution is 6.76. The molecular weight excluding hydrogens is 1430 g/mol. The van der Waals surface area contributed by atoms with Crippen molar-refractivity contribution in [3.05, 3.63) is 119 Å². The molecule has 2 heterocycles. The Balaban J connectivity index is 0.000000420. The third kappa shape index (κ3) is 48.6. The van der Waals surface area contributed by atoms with Crippen molar-refractivity contribution in [1.29, 1.82) is 0 Å². The first-order valence-electron chi connectivity index (χ1n) is 44.0. The van der Waals surface area contributed by atoms with Crippen molar-refractivity contribution in [2.75, 3.05) is 112 Å². The lowest BCUT2D eigenvalue weighted by molar-refractivity contribution is 0.0699. The standard InChI is InChI=1S/C48H88N2O7Si2.C33H48O4.C9H23NO3Si/c1-8-12-13-15-19-26-43(44-29-31-47(32-30-44)53-40-45(51)38-50-34-23-36-59(55-9-2,56-10-3)57-11-4)27-20-17-14-16-18-24-42-25-21-28-48(37-42)54-41-46(52)39-49-33-22-35-58(5,6)7;1-2-3-4-6-10-15-28(29-18-20-30(21-19-29)34-23-32-25-36-32)16-11-8-5-7-9-13-27-14-12-17-31(22-27)35-24-33-26-37-33;1-4-11-14(12-5-2,13-6-3)9-7-8-10/h21,25,28-32,37,43,45-46,49-52H,8-20,22-24,26-27,33-36,38-41H2,1-7H3;12,14,17-22,28,32-33H,2-11,13,15-16,23-26H2,1H3;4-10H2,1-3H3. The van der Waals surface area contributed by atoms with Crippen molar-refractivity contribution in [3.63, 3.8) is 0 Å². The second-order valence-electron chi connectivity index (χ2n) is 31.3. The number of nitrogens with two attached hydrogens (primary N) is 1. The van der Waals surface area contributed by atoms with Crippen LogP contribution in [0.25, 0.3) is 0 Å². The number of aryl methyl sites for hydroxylation is 2. The zero-order valence-corrected chi connectivity index (χ0v) is 74.2. The minimum atomic E-state index is -2.63. The van der Waals surface area contributed by atoms with Gasteiger partial charge in [0.1, 0.15) is 73.8 Å². The number of rotatable bonds is 69. The molecule has 4 aromatic carbocycles. The van der Waals surface area contributed by atoms with Crippen molar-refractivity contribution in [2.45, 2.75) is 316 Å². The molecule has 0 aliphatic carbocycles.